The van der Waals surface area contributed by atoms with E-state index in [4.69, 9.17) is 4.74 Å². The van der Waals surface area contributed by atoms with Gasteiger partial charge in [-0.15, -0.1) is 0 Å². The Bertz CT molecular complexity index is 979. The van der Waals surface area contributed by atoms with Gasteiger partial charge in [-0.1, -0.05) is 48.0 Å². The molecule has 0 unspecified atom stereocenters. The van der Waals surface area contributed by atoms with Crippen LogP contribution in [0.1, 0.15) is 17.5 Å². The SMILES string of the molecule is Cc1ccc(C[C@H]2CC(=O)N(c3ccc(Oc4ccccc4)cc3)C2=O)cc1. The Kier molecular flexibility index (Phi) is 4.94. The van der Waals surface area contributed by atoms with Crippen LogP contribution in [0.2, 0.25) is 0 Å². The summed E-state index contributed by atoms with van der Waals surface area (Å²) in [6, 6.07) is 24.6. The van der Waals surface area contributed by atoms with E-state index < -0.39 is 0 Å². The van der Waals surface area contributed by atoms with Crippen LogP contribution in [0.3, 0.4) is 0 Å². The van der Waals surface area contributed by atoms with Crippen molar-refractivity contribution in [3.05, 3.63) is 90.0 Å². The van der Waals surface area contributed by atoms with Crippen molar-refractivity contribution in [3.63, 3.8) is 0 Å². The van der Waals surface area contributed by atoms with Crippen LogP contribution in [0.15, 0.2) is 78.9 Å². The molecule has 0 saturated carbocycles. The second-order valence-corrected chi connectivity index (χ2v) is 7.07. The van der Waals surface area contributed by atoms with Crippen molar-refractivity contribution < 1.29 is 14.3 Å². The zero-order valence-corrected chi connectivity index (χ0v) is 15.7. The maximum atomic E-state index is 12.8. The van der Waals surface area contributed by atoms with E-state index in [9.17, 15) is 9.59 Å². The van der Waals surface area contributed by atoms with E-state index in [0.29, 0.717) is 17.9 Å². The van der Waals surface area contributed by atoms with Gasteiger partial charge in [0, 0.05) is 6.42 Å². The predicted octanol–water partition coefficient (Wildman–Crippen LogP) is 4.91. The normalized spacial score (nSPS) is 16.5. The molecule has 3 aromatic carbocycles. The Morgan fingerprint density at radius 3 is 2.18 bits per heavy atom. The van der Waals surface area contributed by atoms with E-state index in [2.05, 4.69) is 0 Å². The monoisotopic (exact) mass is 371 g/mol. The summed E-state index contributed by atoms with van der Waals surface area (Å²) in [5.41, 5.74) is 2.84. The molecule has 1 atom stereocenters. The van der Waals surface area contributed by atoms with E-state index in [1.54, 1.807) is 24.3 Å². The van der Waals surface area contributed by atoms with Crippen molar-refractivity contribution in [1.82, 2.24) is 0 Å². The summed E-state index contributed by atoms with van der Waals surface area (Å²) < 4.78 is 5.77. The number of rotatable bonds is 5. The summed E-state index contributed by atoms with van der Waals surface area (Å²) in [5, 5.41) is 0. The quantitative estimate of drug-likeness (QED) is 0.599. The van der Waals surface area contributed by atoms with Crippen LogP contribution in [0.25, 0.3) is 0 Å². The van der Waals surface area contributed by atoms with Crippen molar-refractivity contribution in [3.8, 4) is 11.5 Å². The fourth-order valence-electron chi connectivity index (χ4n) is 3.42. The molecule has 4 nitrogen and oxygen atoms in total. The Labute approximate surface area is 164 Å². The number of amides is 2. The molecule has 2 amide bonds. The van der Waals surface area contributed by atoms with E-state index in [1.165, 1.54) is 10.5 Å². The van der Waals surface area contributed by atoms with Gasteiger partial charge >= 0.3 is 0 Å². The Balaban J connectivity index is 1.47. The highest BCUT2D eigenvalue weighted by Gasteiger charge is 2.39. The van der Waals surface area contributed by atoms with E-state index in [0.717, 1.165) is 11.3 Å². The molecule has 4 heteroatoms. The van der Waals surface area contributed by atoms with Crippen molar-refractivity contribution in [2.24, 2.45) is 5.92 Å². The van der Waals surface area contributed by atoms with Gasteiger partial charge in [0.15, 0.2) is 0 Å². The summed E-state index contributed by atoms with van der Waals surface area (Å²) in [6.45, 7) is 2.03. The number of nitrogens with zero attached hydrogens (tertiary/aromatic N) is 1. The molecule has 3 aromatic rings. The van der Waals surface area contributed by atoms with Crippen LogP contribution < -0.4 is 9.64 Å². The summed E-state index contributed by atoms with van der Waals surface area (Å²) in [7, 11) is 0. The first kappa shape index (κ1) is 18.0. The minimum Gasteiger partial charge on any atom is -0.457 e. The number of carbonyl (C=O) groups is 2. The highest BCUT2D eigenvalue weighted by Crippen LogP contribution is 2.31. The summed E-state index contributed by atoms with van der Waals surface area (Å²) >= 11 is 0. The van der Waals surface area contributed by atoms with Crippen LogP contribution in [0.4, 0.5) is 5.69 Å². The molecule has 1 saturated heterocycles. The predicted molar refractivity (Wildman–Crippen MR) is 108 cm³/mol. The zero-order valence-electron chi connectivity index (χ0n) is 15.7. The molecule has 0 aromatic heterocycles. The average molecular weight is 371 g/mol. The Morgan fingerprint density at radius 2 is 1.50 bits per heavy atom. The Morgan fingerprint density at radius 1 is 0.857 bits per heavy atom. The van der Waals surface area contributed by atoms with Gasteiger partial charge in [-0.25, -0.2) is 0 Å². The molecule has 140 valence electrons. The van der Waals surface area contributed by atoms with Gasteiger partial charge in [0.1, 0.15) is 11.5 Å². The lowest BCUT2D eigenvalue weighted by Crippen LogP contribution is -2.30. The van der Waals surface area contributed by atoms with Crippen LogP contribution >= 0.6 is 0 Å². The number of hydrogen-bond acceptors (Lipinski definition) is 3. The third-order valence-corrected chi connectivity index (χ3v) is 4.92. The van der Waals surface area contributed by atoms with Gasteiger partial charge < -0.3 is 4.74 Å². The van der Waals surface area contributed by atoms with Gasteiger partial charge in [-0.05, 0) is 55.3 Å². The minimum absolute atomic E-state index is 0.137. The molecule has 1 aliphatic heterocycles. The van der Waals surface area contributed by atoms with Gasteiger partial charge in [-0.2, -0.15) is 0 Å². The number of anilines is 1. The smallest absolute Gasteiger partial charge is 0.237 e. The van der Waals surface area contributed by atoms with E-state index in [1.807, 2.05) is 61.5 Å². The molecule has 4 rings (SSSR count). The molecular formula is C24H21NO3. The highest BCUT2D eigenvalue weighted by atomic mass is 16.5. The molecule has 0 N–H and O–H groups in total. The third kappa shape index (κ3) is 3.81. The Hall–Kier alpha value is -3.40. The number of imide groups is 1. The van der Waals surface area contributed by atoms with Crippen molar-refractivity contribution in [1.29, 1.82) is 0 Å². The van der Waals surface area contributed by atoms with Crippen LogP contribution in [0, 0.1) is 12.8 Å². The molecule has 1 heterocycles. The van der Waals surface area contributed by atoms with Gasteiger partial charge in [-0.3, -0.25) is 14.5 Å². The average Bonchev–Trinajstić information content (AvgIpc) is 2.98. The molecule has 1 aliphatic rings. The number of hydrogen-bond donors (Lipinski definition) is 0. The second-order valence-electron chi connectivity index (χ2n) is 7.07. The fraction of sp³-hybridized carbons (Fsp3) is 0.167. The summed E-state index contributed by atoms with van der Waals surface area (Å²) in [5.74, 6) is 0.795. The number of para-hydroxylation sites is 1. The van der Waals surface area contributed by atoms with Crippen molar-refractivity contribution in [2.75, 3.05) is 4.90 Å². The van der Waals surface area contributed by atoms with Gasteiger partial charge in [0.25, 0.3) is 0 Å². The lowest BCUT2D eigenvalue weighted by Gasteiger charge is -2.16. The summed E-state index contributed by atoms with van der Waals surface area (Å²) in [4.78, 5) is 26.6. The summed E-state index contributed by atoms with van der Waals surface area (Å²) in [6.07, 6.45) is 0.825. The first-order valence-corrected chi connectivity index (χ1v) is 9.35. The lowest BCUT2D eigenvalue weighted by atomic mass is 9.97. The molecule has 0 spiro atoms. The number of aryl methyl sites for hydroxylation is 1. The van der Waals surface area contributed by atoms with E-state index in [-0.39, 0.29) is 24.2 Å². The van der Waals surface area contributed by atoms with Crippen LogP contribution in [0.5, 0.6) is 11.5 Å². The molecule has 0 radical (unpaired) electrons. The zero-order chi connectivity index (χ0) is 19.5. The molecule has 0 aliphatic carbocycles. The van der Waals surface area contributed by atoms with Crippen molar-refractivity contribution >= 4 is 17.5 Å². The van der Waals surface area contributed by atoms with Gasteiger partial charge in [0.2, 0.25) is 11.8 Å². The second kappa shape index (κ2) is 7.69. The number of benzene rings is 3. The molecule has 0 bridgehead atoms. The van der Waals surface area contributed by atoms with Gasteiger partial charge in [0.05, 0.1) is 11.6 Å². The number of carbonyl (C=O) groups excluding carboxylic acids is 2. The number of ether oxygens (including phenoxy) is 1. The van der Waals surface area contributed by atoms with E-state index >= 15 is 0 Å². The molecule has 1 fully saturated rings. The standard InChI is InChI=1S/C24H21NO3/c1-17-7-9-18(10-8-17)15-19-16-23(26)25(24(19)27)20-11-13-22(14-12-20)28-21-5-3-2-4-6-21/h2-14,19H,15-16H2,1H3/t19-/m0/s1. The lowest BCUT2D eigenvalue weighted by molar-refractivity contribution is -0.122. The highest BCUT2D eigenvalue weighted by molar-refractivity contribution is 6.21. The first-order chi connectivity index (χ1) is 13.6. The topological polar surface area (TPSA) is 46.6 Å². The largest absolute Gasteiger partial charge is 0.457 e. The van der Waals surface area contributed by atoms with Crippen molar-refractivity contribution in [2.45, 2.75) is 19.8 Å². The molecular weight excluding hydrogens is 350 g/mol. The molecule has 28 heavy (non-hydrogen) atoms. The maximum absolute atomic E-state index is 12.8. The minimum atomic E-state index is -0.310. The fourth-order valence-corrected chi connectivity index (χ4v) is 3.42. The van der Waals surface area contributed by atoms with Crippen LogP contribution in [-0.4, -0.2) is 11.8 Å². The maximum Gasteiger partial charge on any atom is 0.237 e. The van der Waals surface area contributed by atoms with Crippen LogP contribution in [-0.2, 0) is 16.0 Å². The third-order valence-electron chi connectivity index (χ3n) is 4.92. The first-order valence-electron chi connectivity index (χ1n) is 9.35.